The normalized spacial score (nSPS) is 16.8. The summed E-state index contributed by atoms with van der Waals surface area (Å²) in [6.45, 7) is 2.89. The molecular weight excluding hydrogens is 1390 g/mol. The first kappa shape index (κ1) is 80.0. The second kappa shape index (κ2) is 32.6. The maximum absolute atomic E-state index is 13.2. The fourth-order valence-electron chi connectivity index (χ4n) is 8.85. The number of ether oxygens (including phenoxy) is 3. The van der Waals surface area contributed by atoms with Gasteiger partial charge in [-0.25, -0.2) is 5.90 Å². The summed E-state index contributed by atoms with van der Waals surface area (Å²) in [6.07, 6.45) is -33.2. The number of aldehydes is 1. The SMILES string of the molecule is C.Cc1cc(C2ON=C3C2CO[C@H]3c2cc(C)ccc2Cl)cc(C(F)(F)F)c1.NO.O/N=C/C(OC/C=C\c1cc(C(F)(F)F)cc(C(F)(F)F)c1)c1cc(C(F)(F)F)ccc1Cl.O=CC(OC/C=C\c1cc(C(F)(F)F)cc(C(F)(F)F)c1)c1cc(C(F)(F)F)ccc1Cl. The molecule has 5 atom stereocenters. The van der Waals surface area contributed by atoms with E-state index in [0.29, 0.717) is 83.2 Å². The topological polar surface area (TPSA) is 145 Å². The number of carbonyl (C=O) groups is 1. The molecule has 1 saturated heterocycles. The van der Waals surface area contributed by atoms with Gasteiger partial charge in [0, 0.05) is 31.8 Å². The number of alkyl halides is 21. The van der Waals surface area contributed by atoms with E-state index < -0.39 is 131 Å². The smallest absolute Gasteiger partial charge is 0.411 e. The molecule has 0 aromatic heterocycles. The Kier molecular flexibility index (Phi) is 27.4. The molecule has 0 aliphatic carbocycles. The molecule has 4 N–H and O–H groups in total. The van der Waals surface area contributed by atoms with E-state index >= 15 is 0 Å². The molecule has 0 bridgehead atoms. The van der Waals surface area contributed by atoms with Crippen LogP contribution in [-0.2, 0) is 67.1 Å². The van der Waals surface area contributed by atoms with Crippen molar-refractivity contribution in [1.82, 2.24) is 0 Å². The fraction of sp³-hybridized carbons (Fsp3) is 0.295. The minimum atomic E-state index is -5.02. The number of oxime groups is 2. The van der Waals surface area contributed by atoms with Crippen LogP contribution in [0.15, 0.2) is 132 Å². The van der Waals surface area contributed by atoms with Gasteiger partial charge >= 0.3 is 43.2 Å². The van der Waals surface area contributed by atoms with Gasteiger partial charge in [0.1, 0.15) is 24.0 Å². The summed E-state index contributed by atoms with van der Waals surface area (Å²) in [5.41, 5.74) is -6.86. The molecule has 95 heavy (non-hydrogen) atoms. The Bertz CT molecular complexity index is 3650. The molecule has 0 amide bonds. The molecule has 1 fully saturated rings. The molecule has 6 aromatic rings. The third-order valence-corrected chi connectivity index (χ3v) is 14.1. The number of halogens is 24. The summed E-state index contributed by atoms with van der Waals surface area (Å²) in [4.78, 5) is 16.8. The van der Waals surface area contributed by atoms with Crippen molar-refractivity contribution in [2.75, 3.05) is 19.8 Å². The van der Waals surface area contributed by atoms with Gasteiger partial charge in [-0.1, -0.05) is 106 Å². The van der Waals surface area contributed by atoms with Crippen molar-refractivity contribution >= 4 is 65.2 Å². The van der Waals surface area contributed by atoms with Crippen LogP contribution in [0.4, 0.5) is 92.2 Å². The number of nitrogens with two attached hydrogens (primary N) is 1. The zero-order chi connectivity index (χ0) is 70.7. The van der Waals surface area contributed by atoms with Gasteiger partial charge < -0.3 is 34.3 Å². The van der Waals surface area contributed by atoms with Gasteiger partial charge in [0.15, 0.2) is 12.4 Å². The Morgan fingerprint density at radius 1 is 0.537 bits per heavy atom. The summed E-state index contributed by atoms with van der Waals surface area (Å²) >= 11 is 18.0. The van der Waals surface area contributed by atoms with E-state index in [0.717, 1.165) is 59.7 Å². The molecular formula is C61H49Cl3F21N3O7. The lowest BCUT2D eigenvalue weighted by molar-refractivity contribution is -0.144. The number of benzene rings is 6. The van der Waals surface area contributed by atoms with Crippen LogP contribution in [0.25, 0.3) is 12.2 Å². The van der Waals surface area contributed by atoms with Crippen molar-refractivity contribution in [2.24, 2.45) is 22.1 Å². The molecule has 8 rings (SSSR count). The summed E-state index contributed by atoms with van der Waals surface area (Å²) in [7, 11) is 0. The van der Waals surface area contributed by atoms with Crippen LogP contribution >= 0.6 is 34.8 Å². The van der Waals surface area contributed by atoms with Gasteiger partial charge in [-0.2, -0.15) is 92.2 Å². The number of rotatable bonds is 14. The van der Waals surface area contributed by atoms with Crippen LogP contribution in [0.5, 0.6) is 0 Å². The van der Waals surface area contributed by atoms with E-state index in [-0.39, 0.29) is 52.9 Å². The molecule has 0 saturated carbocycles. The monoisotopic (exact) mass is 1440 g/mol. The van der Waals surface area contributed by atoms with Gasteiger partial charge in [0.2, 0.25) is 0 Å². The highest BCUT2D eigenvalue weighted by atomic mass is 35.5. The average molecular weight is 1440 g/mol. The van der Waals surface area contributed by atoms with Crippen LogP contribution in [0.3, 0.4) is 0 Å². The minimum Gasteiger partial charge on any atom is -0.411 e. The lowest BCUT2D eigenvalue weighted by Crippen LogP contribution is -2.17. The molecule has 518 valence electrons. The van der Waals surface area contributed by atoms with Crippen LogP contribution in [-0.4, -0.2) is 48.4 Å². The van der Waals surface area contributed by atoms with E-state index in [4.69, 9.17) is 64.3 Å². The largest absolute Gasteiger partial charge is 0.416 e. The van der Waals surface area contributed by atoms with Crippen LogP contribution in [0.1, 0.15) is 115 Å². The number of aryl methyl sites for hydroxylation is 2. The molecule has 34 heteroatoms. The Morgan fingerprint density at radius 2 is 0.937 bits per heavy atom. The second-order valence-electron chi connectivity index (χ2n) is 19.9. The zero-order valence-electron chi connectivity index (χ0n) is 47.3. The Hall–Kier alpha value is -7.39. The van der Waals surface area contributed by atoms with Crippen molar-refractivity contribution in [3.05, 3.63) is 220 Å². The summed E-state index contributed by atoms with van der Waals surface area (Å²) in [5.74, 6) is 3.26. The van der Waals surface area contributed by atoms with Crippen molar-refractivity contribution in [1.29, 1.82) is 0 Å². The summed E-state index contributed by atoms with van der Waals surface area (Å²) in [6, 6.07) is 16.0. The number of nitrogens with zero attached hydrogens (tertiary/aromatic N) is 2. The predicted octanol–water partition coefficient (Wildman–Crippen LogP) is 20.8. The summed E-state index contributed by atoms with van der Waals surface area (Å²) < 4.78 is 288. The third-order valence-electron chi connectivity index (χ3n) is 13.1. The third kappa shape index (κ3) is 22.3. The lowest BCUT2D eigenvalue weighted by Gasteiger charge is -2.17. The Balaban J connectivity index is 0.000000299. The molecule has 2 heterocycles. The number of hydrogen-bond acceptors (Lipinski definition) is 10. The van der Waals surface area contributed by atoms with Gasteiger partial charge in [0.05, 0.1) is 70.9 Å². The maximum Gasteiger partial charge on any atom is 0.416 e. The van der Waals surface area contributed by atoms with Crippen molar-refractivity contribution < 1.29 is 126 Å². The fourth-order valence-corrected chi connectivity index (χ4v) is 9.52. The van der Waals surface area contributed by atoms with Gasteiger partial charge in [-0.15, -0.1) is 0 Å². The number of hydrogen-bond donors (Lipinski definition) is 3. The molecule has 0 radical (unpaired) electrons. The Morgan fingerprint density at radius 3 is 1.35 bits per heavy atom. The number of fused-ring (bicyclic) bond motifs is 1. The van der Waals surface area contributed by atoms with E-state index in [2.05, 4.69) is 16.2 Å². The molecule has 0 spiro atoms. The van der Waals surface area contributed by atoms with Crippen molar-refractivity contribution in [3.63, 3.8) is 0 Å². The van der Waals surface area contributed by atoms with Crippen LogP contribution in [0.2, 0.25) is 15.1 Å². The van der Waals surface area contributed by atoms with E-state index in [1.54, 1.807) is 19.1 Å². The maximum atomic E-state index is 13.2. The molecule has 10 nitrogen and oxygen atoms in total. The number of carbonyl (C=O) groups excluding carboxylic acids is 1. The Labute approximate surface area is 540 Å². The van der Waals surface area contributed by atoms with Gasteiger partial charge in [0.25, 0.3) is 0 Å². The standard InChI is InChI=1S/C20H13ClF9NO2.C20H12ClF9O2.C20H17ClF3NO2.CH4.H3NO/c21-16-4-3-12(18(22,23)24)9-15(16)17(10-31-32)33-5-1-2-11-6-13(19(25,26)27)8-14(7-11)20(28,29)30;21-16-4-3-12(18(22,23)24)9-15(16)17(10-31)32-5-1-2-11-6-13(19(25,26)27)8-14(7-11)20(28,29)30;1-10-3-4-16(21)14(7-10)19-17-15(9-26-19)18(27-25-17)12-5-11(2)6-13(8-12)20(22,23)24;;1-2/h1-4,6-10,17,32H,5H2;1-4,6-10,17H,5H2;3-8,15,18-19H,9H2,1-2H3;1H4;2H,1H2/b2-1-,31-10+;2-1-;;;/t;;15?,18?,19-;;/m..0../s1. The van der Waals surface area contributed by atoms with E-state index in [9.17, 15) is 97.0 Å². The minimum absolute atomic E-state index is 0. The summed E-state index contributed by atoms with van der Waals surface area (Å²) in [5, 5.41) is 22.3. The van der Waals surface area contributed by atoms with Gasteiger partial charge in [-0.3, -0.25) is 0 Å². The van der Waals surface area contributed by atoms with E-state index in [1.807, 2.05) is 19.1 Å². The van der Waals surface area contributed by atoms with E-state index in [1.165, 1.54) is 0 Å². The first-order chi connectivity index (χ1) is 43.5. The van der Waals surface area contributed by atoms with Gasteiger partial charge in [-0.05, 0) is 122 Å². The second-order valence-corrected chi connectivity index (χ2v) is 21.1. The quantitative estimate of drug-likeness (QED) is 0.0321. The molecule has 4 unspecified atom stereocenters. The molecule has 6 aromatic carbocycles. The lowest BCUT2D eigenvalue weighted by atomic mass is 9.89. The highest BCUT2D eigenvalue weighted by Crippen LogP contribution is 2.47. The highest BCUT2D eigenvalue weighted by Gasteiger charge is 2.47. The average Bonchev–Trinajstić information content (AvgIpc) is 1.64. The van der Waals surface area contributed by atoms with Crippen molar-refractivity contribution in [3.8, 4) is 0 Å². The molecule has 2 aliphatic heterocycles. The molecule has 2 aliphatic rings. The van der Waals surface area contributed by atoms with Crippen LogP contribution in [0, 0.1) is 19.8 Å². The zero-order valence-corrected chi connectivity index (χ0v) is 49.6. The first-order valence-corrected chi connectivity index (χ1v) is 27.2. The van der Waals surface area contributed by atoms with Crippen LogP contribution < -0.4 is 5.90 Å². The predicted molar refractivity (Wildman–Crippen MR) is 306 cm³/mol. The first-order valence-electron chi connectivity index (χ1n) is 26.1. The van der Waals surface area contributed by atoms with Crippen molar-refractivity contribution in [2.45, 2.75) is 88.9 Å². The highest BCUT2D eigenvalue weighted by molar-refractivity contribution is 6.32.